The minimum atomic E-state index is -0.262. The molecule has 0 radical (unpaired) electrons. The molecule has 0 aromatic heterocycles. The molecule has 2 N–H and O–H groups in total. The third kappa shape index (κ3) is 3.25. The summed E-state index contributed by atoms with van der Waals surface area (Å²) in [7, 11) is 0. The maximum atomic E-state index is 11.2. The number of hydrogen-bond donors (Lipinski definition) is 2. The van der Waals surface area contributed by atoms with E-state index in [9.17, 15) is 4.79 Å². The van der Waals surface area contributed by atoms with Crippen LogP contribution in [0.1, 0.15) is 12.5 Å². The van der Waals surface area contributed by atoms with E-state index in [1.807, 2.05) is 37.3 Å². The zero-order valence-corrected chi connectivity index (χ0v) is 12.4. The van der Waals surface area contributed by atoms with Crippen LogP contribution in [-0.2, 0) is 0 Å². The van der Waals surface area contributed by atoms with Crippen molar-refractivity contribution in [3.63, 3.8) is 0 Å². The second-order valence-electron chi connectivity index (χ2n) is 4.74. The van der Waals surface area contributed by atoms with Crippen LogP contribution in [0.4, 0.5) is 4.79 Å². The Labute approximate surface area is 127 Å². The highest BCUT2D eigenvalue weighted by Gasteiger charge is 2.19. The summed E-state index contributed by atoms with van der Waals surface area (Å²) in [4.78, 5) is 13.6. The quantitative estimate of drug-likeness (QED) is 0.913. The summed E-state index contributed by atoms with van der Waals surface area (Å²) in [5.41, 5.74) is 4.29. The maximum absolute atomic E-state index is 11.2. The standard InChI is InChI=1S/C16H15N3OS/c1-11-15(18-19-16(20)17-11)12-7-9-14(10-8-12)21-13-5-3-2-4-6-13/h2-11H,1H3,(H2,17,19,20). The zero-order valence-electron chi connectivity index (χ0n) is 11.5. The number of hydrazone groups is 1. The number of carbonyl (C=O) groups is 1. The first-order chi connectivity index (χ1) is 10.2. The molecule has 0 bridgehead atoms. The molecule has 21 heavy (non-hydrogen) atoms. The summed E-state index contributed by atoms with van der Waals surface area (Å²) in [6.07, 6.45) is 0. The smallest absolute Gasteiger partial charge is 0.328 e. The monoisotopic (exact) mass is 297 g/mol. The van der Waals surface area contributed by atoms with Crippen molar-refractivity contribution >= 4 is 23.5 Å². The summed E-state index contributed by atoms with van der Waals surface area (Å²) in [6, 6.07) is 18.1. The Kier molecular flexibility index (Phi) is 3.92. The molecule has 1 aliphatic rings. The Hall–Kier alpha value is -2.27. The van der Waals surface area contributed by atoms with Crippen molar-refractivity contribution in [1.82, 2.24) is 10.7 Å². The molecule has 0 saturated heterocycles. The molecule has 0 aliphatic carbocycles. The predicted octanol–water partition coefficient (Wildman–Crippen LogP) is 3.24. The van der Waals surface area contributed by atoms with Gasteiger partial charge in [0.05, 0.1) is 11.8 Å². The molecule has 1 unspecified atom stereocenters. The van der Waals surface area contributed by atoms with Crippen molar-refractivity contribution in [1.29, 1.82) is 0 Å². The van der Waals surface area contributed by atoms with E-state index < -0.39 is 0 Å². The molecule has 4 nitrogen and oxygen atoms in total. The van der Waals surface area contributed by atoms with Gasteiger partial charge >= 0.3 is 6.03 Å². The van der Waals surface area contributed by atoms with Crippen LogP contribution in [0.3, 0.4) is 0 Å². The van der Waals surface area contributed by atoms with Gasteiger partial charge < -0.3 is 5.32 Å². The molecule has 0 spiro atoms. The Balaban J connectivity index is 1.77. The van der Waals surface area contributed by atoms with Crippen LogP contribution < -0.4 is 10.7 Å². The highest BCUT2D eigenvalue weighted by atomic mass is 32.2. The van der Waals surface area contributed by atoms with Crippen LogP contribution in [0.25, 0.3) is 0 Å². The molecule has 2 aromatic carbocycles. The van der Waals surface area contributed by atoms with Gasteiger partial charge in [-0.05, 0) is 36.8 Å². The van der Waals surface area contributed by atoms with Gasteiger partial charge in [0.15, 0.2) is 0 Å². The summed E-state index contributed by atoms with van der Waals surface area (Å²) >= 11 is 1.72. The van der Waals surface area contributed by atoms with Crippen LogP contribution in [0, 0.1) is 0 Å². The fourth-order valence-corrected chi connectivity index (χ4v) is 2.98. The third-order valence-electron chi connectivity index (χ3n) is 3.16. The topological polar surface area (TPSA) is 53.5 Å². The van der Waals surface area contributed by atoms with E-state index in [2.05, 4.69) is 40.1 Å². The van der Waals surface area contributed by atoms with Crippen molar-refractivity contribution in [2.45, 2.75) is 22.8 Å². The normalized spacial score (nSPS) is 17.7. The van der Waals surface area contributed by atoms with E-state index in [-0.39, 0.29) is 12.1 Å². The number of rotatable bonds is 3. The predicted molar refractivity (Wildman–Crippen MR) is 84.7 cm³/mol. The SMILES string of the molecule is CC1NC(=O)NN=C1c1ccc(Sc2ccccc2)cc1. The van der Waals surface area contributed by atoms with Crippen molar-refractivity contribution in [2.24, 2.45) is 5.10 Å². The molecular formula is C16H15N3OS. The number of nitrogens with zero attached hydrogens (tertiary/aromatic N) is 1. The molecule has 0 saturated carbocycles. The van der Waals surface area contributed by atoms with Gasteiger partial charge in [-0.15, -0.1) is 0 Å². The lowest BCUT2D eigenvalue weighted by atomic mass is 10.0. The highest BCUT2D eigenvalue weighted by molar-refractivity contribution is 7.99. The number of urea groups is 1. The maximum Gasteiger partial charge on any atom is 0.335 e. The Morgan fingerprint density at radius 1 is 1.00 bits per heavy atom. The van der Waals surface area contributed by atoms with Gasteiger partial charge in [-0.25, -0.2) is 10.2 Å². The van der Waals surface area contributed by atoms with Crippen LogP contribution in [-0.4, -0.2) is 17.8 Å². The number of amides is 2. The first-order valence-electron chi connectivity index (χ1n) is 6.70. The van der Waals surface area contributed by atoms with E-state index in [1.54, 1.807) is 11.8 Å². The third-order valence-corrected chi connectivity index (χ3v) is 4.18. The molecule has 1 heterocycles. The second kappa shape index (κ2) is 6.01. The lowest BCUT2D eigenvalue weighted by Crippen LogP contribution is -2.48. The van der Waals surface area contributed by atoms with E-state index in [4.69, 9.17) is 0 Å². The summed E-state index contributed by atoms with van der Waals surface area (Å²) < 4.78 is 0. The van der Waals surface area contributed by atoms with Crippen LogP contribution in [0.2, 0.25) is 0 Å². The van der Waals surface area contributed by atoms with Gasteiger partial charge in [0.1, 0.15) is 0 Å². The molecular weight excluding hydrogens is 282 g/mol. The number of carbonyl (C=O) groups excluding carboxylic acids is 1. The lowest BCUT2D eigenvalue weighted by molar-refractivity contribution is 0.239. The Morgan fingerprint density at radius 3 is 2.33 bits per heavy atom. The van der Waals surface area contributed by atoms with Crippen molar-refractivity contribution in [3.8, 4) is 0 Å². The molecule has 1 aliphatic heterocycles. The average Bonchev–Trinajstić information content (AvgIpc) is 2.49. The fourth-order valence-electron chi connectivity index (χ4n) is 2.14. The van der Waals surface area contributed by atoms with Crippen LogP contribution in [0.15, 0.2) is 69.5 Å². The molecule has 2 aromatic rings. The zero-order chi connectivity index (χ0) is 14.7. The van der Waals surface area contributed by atoms with Crippen molar-refractivity contribution < 1.29 is 4.79 Å². The molecule has 2 amide bonds. The Bertz CT molecular complexity index is 668. The first-order valence-corrected chi connectivity index (χ1v) is 7.51. The largest absolute Gasteiger partial charge is 0.335 e. The fraction of sp³-hybridized carbons (Fsp3) is 0.125. The van der Waals surface area contributed by atoms with Gasteiger partial charge in [-0.3, -0.25) is 0 Å². The molecule has 1 atom stereocenters. The van der Waals surface area contributed by atoms with E-state index in [0.717, 1.165) is 11.3 Å². The minimum Gasteiger partial charge on any atom is -0.328 e. The summed E-state index contributed by atoms with van der Waals surface area (Å²) in [5, 5.41) is 6.92. The summed E-state index contributed by atoms with van der Waals surface area (Å²) in [6.45, 7) is 1.92. The van der Waals surface area contributed by atoms with Crippen LogP contribution in [0.5, 0.6) is 0 Å². The highest BCUT2D eigenvalue weighted by Crippen LogP contribution is 2.27. The van der Waals surface area contributed by atoms with Gasteiger partial charge in [-0.2, -0.15) is 5.10 Å². The summed E-state index contributed by atoms with van der Waals surface area (Å²) in [5.74, 6) is 0. The van der Waals surface area contributed by atoms with E-state index >= 15 is 0 Å². The number of hydrogen-bond acceptors (Lipinski definition) is 3. The van der Waals surface area contributed by atoms with Gasteiger partial charge in [0.25, 0.3) is 0 Å². The van der Waals surface area contributed by atoms with Crippen molar-refractivity contribution in [3.05, 3.63) is 60.2 Å². The van der Waals surface area contributed by atoms with Gasteiger partial charge in [-0.1, -0.05) is 42.1 Å². The van der Waals surface area contributed by atoms with Crippen LogP contribution >= 0.6 is 11.8 Å². The van der Waals surface area contributed by atoms with E-state index in [0.29, 0.717) is 0 Å². The molecule has 0 fully saturated rings. The Morgan fingerprint density at radius 2 is 1.67 bits per heavy atom. The number of nitrogens with one attached hydrogen (secondary N) is 2. The second-order valence-corrected chi connectivity index (χ2v) is 5.89. The molecule has 3 rings (SSSR count). The van der Waals surface area contributed by atoms with Gasteiger partial charge in [0, 0.05) is 9.79 Å². The molecule has 5 heteroatoms. The number of benzene rings is 2. The molecule has 106 valence electrons. The minimum absolute atomic E-state index is 0.0913. The average molecular weight is 297 g/mol. The van der Waals surface area contributed by atoms with Crippen molar-refractivity contribution in [2.75, 3.05) is 0 Å². The first kappa shape index (κ1) is 13.7. The lowest BCUT2D eigenvalue weighted by Gasteiger charge is -2.21. The van der Waals surface area contributed by atoms with Gasteiger partial charge in [0.2, 0.25) is 0 Å². The van der Waals surface area contributed by atoms with E-state index in [1.165, 1.54) is 9.79 Å².